The molecule has 6 heterocycles. The second-order valence-electron chi connectivity index (χ2n) is 14.3. The SMILES string of the molecule is Cc1cnc(Cl)nc1NCc1ccco1.Cc1cnc(Nc2ccc(OCCN3CCCC3)cc2)nc1NCc1ccco1.Nc1ccc(OCCN2CCCC2)cc1. The van der Waals surface area contributed by atoms with Crippen molar-refractivity contribution in [3.8, 4) is 11.5 Å². The molecule has 0 radical (unpaired) electrons. The van der Waals surface area contributed by atoms with Crippen LogP contribution in [0.15, 0.2) is 107 Å². The quantitative estimate of drug-likeness (QED) is 0.0542. The Labute approximate surface area is 351 Å². The van der Waals surface area contributed by atoms with Crippen molar-refractivity contribution in [2.45, 2.75) is 52.6 Å². The Morgan fingerprint density at radius 2 is 1.15 bits per heavy atom. The molecule has 0 atom stereocenters. The number of furan rings is 2. The van der Waals surface area contributed by atoms with Crippen molar-refractivity contribution >= 4 is 40.6 Å². The summed E-state index contributed by atoms with van der Waals surface area (Å²) in [4.78, 5) is 21.8. The molecule has 6 aromatic rings. The van der Waals surface area contributed by atoms with Crippen LogP contribution in [0.3, 0.4) is 0 Å². The summed E-state index contributed by atoms with van der Waals surface area (Å²) in [6.07, 6.45) is 12.1. The Bertz CT molecular complexity index is 2070. The molecular formula is C44H55ClN10O4. The van der Waals surface area contributed by atoms with Gasteiger partial charge in [0, 0.05) is 48.0 Å². The van der Waals surface area contributed by atoms with E-state index < -0.39 is 0 Å². The fraction of sp³-hybridized carbons (Fsp3) is 0.364. The molecule has 2 saturated heterocycles. The van der Waals surface area contributed by atoms with Crippen LogP contribution in [0.1, 0.15) is 48.3 Å². The first-order valence-corrected chi connectivity index (χ1v) is 20.5. The molecule has 4 aromatic heterocycles. The maximum Gasteiger partial charge on any atom is 0.229 e. The van der Waals surface area contributed by atoms with Gasteiger partial charge >= 0.3 is 0 Å². The monoisotopic (exact) mass is 822 g/mol. The molecule has 0 bridgehead atoms. The number of nitrogen functional groups attached to an aromatic ring is 1. The average Bonchev–Trinajstić information content (AvgIpc) is 4.11. The van der Waals surface area contributed by atoms with E-state index in [0.717, 1.165) is 83.5 Å². The van der Waals surface area contributed by atoms with Crippen LogP contribution in [0.5, 0.6) is 11.5 Å². The third-order valence-electron chi connectivity index (χ3n) is 9.67. The number of rotatable bonds is 16. The number of benzene rings is 2. The molecule has 2 fully saturated rings. The second-order valence-corrected chi connectivity index (χ2v) is 14.6. The van der Waals surface area contributed by atoms with E-state index in [-0.39, 0.29) is 5.28 Å². The molecule has 0 saturated carbocycles. The van der Waals surface area contributed by atoms with E-state index in [2.05, 4.69) is 45.7 Å². The van der Waals surface area contributed by atoms with Crippen LogP contribution in [0.2, 0.25) is 5.28 Å². The third-order valence-corrected chi connectivity index (χ3v) is 9.86. The molecular weight excluding hydrogens is 768 g/mol. The number of hydrogen-bond donors (Lipinski definition) is 4. The van der Waals surface area contributed by atoms with E-state index in [1.54, 1.807) is 24.9 Å². The molecule has 0 amide bonds. The number of likely N-dealkylation sites (tertiary alicyclic amines) is 2. The summed E-state index contributed by atoms with van der Waals surface area (Å²) in [5.74, 6) is 5.54. The van der Waals surface area contributed by atoms with Gasteiger partial charge in [0.05, 0.1) is 25.6 Å². The Morgan fingerprint density at radius 3 is 1.66 bits per heavy atom. The summed E-state index contributed by atoms with van der Waals surface area (Å²) in [7, 11) is 0. The van der Waals surface area contributed by atoms with E-state index in [4.69, 9.17) is 35.6 Å². The van der Waals surface area contributed by atoms with Crippen LogP contribution >= 0.6 is 11.6 Å². The molecule has 8 rings (SSSR count). The van der Waals surface area contributed by atoms with Crippen LogP contribution in [-0.4, -0.2) is 82.2 Å². The van der Waals surface area contributed by atoms with Crippen molar-refractivity contribution in [3.05, 3.63) is 126 Å². The first kappa shape index (κ1) is 42.8. The summed E-state index contributed by atoms with van der Waals surface area (Å²) < 4.78 is 22.0. The van der Waals surface area contributed by atoms with Crippen molar-refractivity contribution in [2.75, 3.05) is 74.2 Å². The van der Waals surface area contributed by atoms with Crippen molar-refractivity contribution < 1.29 is 18.3 Å². The van der Waals surface area contributed by atoms with Crippen LogP contribution in [-0.2, 0) is 13.1 Å². The van der Waals surface area contributed by atoms with Gasteiger partial charge in [-0.1, -0.05) is 0 Å². The normalized spacial score (nSPS) is 13.8. The highest BCUT2D eigenvalue weighted by molar-refractivity contribution is 6.28. The fourth-order valence-corrected chi connectivity index (χ4v) is 6.51. The van der Waals surface area contributed by atoms with Crippen LogP contribution < -0.4 is 31.2 Å². The highest BCUT2D eigenvalue weighted by Crippen LogP contribution is 2.21. The number of ether oxygens (including phenoxy) is 2. The zero-order valence-electron chi connectivity index (χ0n) is 33.9. The first-order valence-electron chi connectivity index (χ1n) is 20.1. The van der Waals surface area contributed by atoms with Gasteiger partial charge in [0.2, 0.25) is 11.2 Å². The average molecular weight is 823 g/mol. The number of nitrogens with zero attached hydrogens (tertiary/aromatic N) is 6. The number of nitrogens with one attached hydrogen (secondary N) is 3. The molecule has 2 aliphatic heterocycles. The molecule has 59 heavy (non-hydrogen) atoms. The maximum absolute atomic E-state index is 5.86. The lowest BCUT2D eigenvalue weighted by Crippen LogP contribution is -2.25. The largest absolute Gasteiger partial charge is 0.492 e. The summed E-state index contributed by atoms with van der Waals surface area (Å²) >= 11 is 5.69. The van der Waals surface area contributed by atoms with E-state index in [0.29, 0.717) is 19.0 Å². The van der Waals surface area contributed by atoms with E-state index in [1.807, 2.05) is 86.6 Å². The number of aryl methyl sites for hydroxylation is 2. The predicted molar refractivity (Wildman–Crippen MR) is 234 cm³/mol. The van der Waals surface area contributed by atoms with Gasteiger partial charge in [0.15, 0.2) is 0 Å². The molecule has 14 nitrogen and oxygen atoms in total. The highest BCUT2D eigenvalue weighted by Gasteiger charge is 2.12. The van der Waals surface area contributed by atoms with Crippen molar-refractivity contribution in [1.29, 1.82) is 0 Å². The van der Waals surface area contributed by atoms with Gasteiger partial charge in [0.1, 0.15) is 47.9 Å². The third kappa shape index (κ3) is 14.8. The van der Waals surface area contributed by atoms with Gasteiger partial charge in [-0.2, -0.15) is 4.98 Å². The van der Waals surface area contributed by atoms with Crippen LogP contribution in [0.25, 0.3) is 0 Å². The van der Waals surface area contributed by atoms with Gasteiger partial charge in [-0.25, -0.2) is 15.0 Å². The van der Waals surface area contributed by atoms with Gasteiger partial charge < -0.3 is 40.0 Å². The summed E-state index contributed by atoms with van der Waals surface area (Å²) in [5, 5.41) is 9.90. The minimum absolute atomic E-state index is 0.238. The lowest BCUT2D eigenvalue weighted by molar-refractivity contribution is 0.237. The topological polar surface area (TPSA) is 165 Å². The summed E-state index contributed by atoms with van der Waals surface area (Å²) in [6.45, 7) is 13.4. The zero-order chi connectivity index (χ0) is 41.1. The highest BCUT2D eigenvalue weighted by atomic mass is 35.5. The van der Waals surface area contributed by atoms with E-state index >= 15 is 0 Å². The summed E-state index contributed by atoms with van der Waals surface area (Å²) in [6, 6.07) is 23.0. The Balaban J connectivity index is 0.000000164. The van der Waals surface area contributed by atoms with E-state index in [9.17, 15) is 0 Å². The molecule has 15 heteroatoms. The number of hydrogen-bond acceptors (Lipinski definition) is 14. The molecule has 2 aromatic carbocycles. The number of aromatic nitrogens is 4. The molecule has 0 spiro atoms. The standard InChI is InChI=1S/C22H27N5O2.C12H18N2O.C10H10ClN3O/c1-17-15-24-22(26-21(17)23-16-20-5-4-13-28-20)25-18-6-8-19(9-7-18)29-14-12-27-10-2-3-11-27;13-11-3-5-12(6-4-11)15-10-9-14-7-1-2-8-14;1-7-5-13-10(11)14-9(7)12-6-8-3-2-4-15-8/h4-9,13,15H,2-3,10-12,14,16H2,1H3,(H2,23,24,25,26);3-6H,1-2,7-10,13H2;2-5H,6H2,1H3,(H,12,13,14). The van der Waals surface area contributed by atoms with Crippen molar-refractivity contribution in [2.24, 2.45) is 0 Å². The number of nitrogens with two attached hydrogens (primary N) is 1. The van der Waals surface area contributed by atoms with Gasteiger partial charge in [-0.3, -0.25) is 9.80 Å². The smallest absolute Gasteiger partial charge is 0.229 e. The minimum Gasteiger partial charge on any atom is -0.492 e. The van der Waals surface area contributed by atoms with Crippen molar-refractivity contribution in [3.63, 3.8) is 0 Å². The minimum atomic E-state index is 0.238. The molecule has 0 aliphatic carbocycles. The van der Waals surface area contributed by atoms with Crippen LogP contribution in [0.4, 0.5) is 29.0 Å². The second kappa shape index (κ2) is 22.9. The van der Waals surface area contributed by atoms with Crippen LogP contribution in [0, 0.1) is 13.8 Å². The van der Waals surface area contributed by atoms with Gasteiger partial charge in [-0.15, -0.1) is 0 Å². The maximum atomic E-state index is 5.86. The fourth-order valence-electron chi connectivity index (χ4n) is 6.37. The van der Waals surface area contributed by atoms with Gasteiger partial charge in [0.25, 0.3) is 0 Å². The van der Waals surface area contributed by atoms with E-state index in [1.165, 1.54) is 51.9 Å². The Morgan fingerprint density at radius 1 is 0.661 bits per heavy atom. The number of anilines is 5. The van der Waals surface area contributed by atoms with Gasteiger partial charge in [-0.05, 0) is 150 Å². The molecule has 5 N–H and O–H groups in total. The molecule has 0 unspecified atom stereocenters. The summed E-state index contributed by atoms with van der Waals surface area (Å²) in [5.41, 5.74) is 9.21. The lowest BCUT2D eigenvalue weighted by atomic mass is 10.3. The number of halogens is 1. The van der Waals surface area contributed by atoms with Crippen molar-refractivity contribution in [1.82, 2.24) is 29.7 Å². The molecule has 312 valence electrons. The first-order chi connectivity index (χ1) is 28.9. The predicted octanol–water partition coefficient (Wildman–Crippen LogP) is 8.60. The Hall–Kier alpha value is -5.83. The Kier molecular flexibility index (Phi) is 16.6. The zero-order valence-corrected chi connectivity index (χ0v) is 34.7. The molecule has 2 aliphatic rings. The lowest BCUT2D eigenvalue weighted by Gasteiger charge is -2.15.